The summed E-state index contributed by atoms with van der Waals surface area (Å²) in [5.41, 5.74) is 0.381. The van der Waals surface area contributed by atoms with Crippen molar-refractivity contribution in [1.29, 1.82) is 0 Å². The summed E-state index contributed by atoms with van der Waals surface area (Å²) in [5.74, 6) is 0.857. The Morgan fingerprint density at radius 2 is 1.81 bits per heavy atom. The lowest BCUT2D eigenvalue weighted by molar-refractivity contribution is -0.130. The van der Waals surface area contributed by atoms with E-state index in [9.17, 15) is 4.79 Å². The van der Waals surface area contributed by atoms with E-state index in [2.05, 4.69) is 6.58 Å². The van der Waals surface area contributed by atoms with Gasteiger partial charge in [0, 0.05) is 5.57 Å². The molecule has 0 radical (unpaired) electrons. The molecule has 0 bridgehead atoms. The summed E-state index contributed by atoms with van der Waals surface area (Å²) in [4.78, 5) is 11.2. The highest BCUT2D eigenvalue weighted by atomic mass is 16.5. The van der Waals surface area contributed by atoms with Gasteiger partial charge >= 0.3 is 5.97 Å². The van der Waals surface area contributed by atoms with Crippen LogP contribution in [0.4, 0.5) is 0 Å². The van der Waals surface area contributed by atoms with Gasteiger partial charge < -0.3 is 9.47 Å². The average molecular weight is 220 g/mol. The third-order valence-electron chi connectivity index (χ3n) is 1.86. The van der Waals surface area contributed by atoms with E-state index in [-0.39, 0.29) is 0 Å². The molecule has 0 N–H and O–H groups in total. The maximum absolute atomic E-state index is 11.2. The summed E-state index contributed by atoms with van der Waals surface area (Å²) in [6, 6.07) is 6.95. The zero-order valence-electron chi connectivity index (χ0n) is 9.66. The SMILES string of the molecule is C=C(C)C(=O)Oc1ccc(OCCC)cc1. The zero-order chi connectivity index (χ0) is 12.0. The van der Waals surface area contributed by atoms with Gasteiger partial charge in [-0.2, -0.15) is 0 Å². The van der Waals surface area contributed by atoms with E-state index in [1.165, 1.54) is 0 Å². The largest absolute Gasteiger partial charge is 0.494 e. The molecule has 0 aromatic heterocycles. The van der Waals surface area contributed by atoms with Gasteiger partial charge in [-0.25, -0.2) is 4.79 Å². The summed E-state index contributed by atoms with van der Waals surface area (Å²) in [5, 5.41) is 0. The minimum atomic E-state index is -0.415. The molecule has 0 heterocycles. The Morgan fingerprint density at radius 1 is 1.25 bits per heavy atom. The predicted octanol–water partition coefficient (Wildman–Crippen LogP) is 2.96. The van der Waals surface area contributed by atoms with E-state index >= 15 is 0 Å². The molecule has 0 saturated carbocycles. The van der Waals surface area contributed by atoms with Crippen molar-refractivity contribution < 1.29 is 14.3 Å². The number of carbonyl (C=O) groups excluding carboxylic acids is 1. The van der Waals surface area contributed by atoms with Crippen molar-refractivity contribution in [3.8, 4) is 11.5 Å². The van der Waals surface area contributed by atoms with Crippen molar-refractivity contribution in [3.05, 3.63) is 36.4 Å². The topological polar surface area (TPSA) is 35.5 Å². The van der Waals surface area contributed by atoms with Crippen LogP contribution in [0.25, 0.3) is 0 Å². The smallest absolute Gasteiger partial charge is 0.338 e. The lowest BCUT2D eigenvalue weighted by Crippen LogP contribution is -2.07. The van der Waals surface area contributed by atoms with Gasteiger partial charge in [-0.15, -0.1) is 0 Å². The van der Waals surface area contributed by atoms with Crippen LogP contribution in [0.15, 0.2) is 36.4 Å². The van der Waals surface area contributed by atoms with E-state index in [1.807, 2.05) is 6.92 Å². The third-order valence-corrected chi connectivity index (χ3v) is 1.86. The maximum atomic E-state index is 11.2. The first-order valence-corrected chi connectivity index (χ1v) is 5.24. The molecule has 3 heteroatoms. The van der Waals surface area contributed by atoms with Crippen molar-refractivity contribution in [2.24, 2.45) is 0 Å². The van der Waals surface area contributed by atoms with E-state index in [4.69, 9.17) is 9.47 Å². The molecule has 16 heavy (non-hydrogen) atoms. The van der Waals surface area contributed by atoms with Gasteiger partial charge in [0.1, 0.15) is 11.5 Å². The Morgan fingerprint density at radius 3 is 2.31 bits per heavy atom. The first kappa shape index (κ1) is 12.3. The van der Waals surface area contributed by atoms with Gasteiger partial charge in [-0.05, 0) is 37.6 Å². The molecule has 0 atom stereocenters. The van der Waals surface area contributed by atoms with Gasteiger partial charge in [0.25, 0.3) is 0 Å². The van der Waals surface area contributed by atoms with Crippen molar-refractivity contribution in [1.82, 2.24) is 0 Å². The second-order valence-electron chi connectivity index (χ2n) is 3.49. The molecule has 0 fully saturated rings. The molecule has 1 aromatic carbocycles. The second-order valence-corrected chi connectivity index (χ2v) is 3.49. The van der Waals surface area contributed by atoms with E-state index < -0.39 is 5.97 Å². The van der Waals surface area contributed by atoms with Gasteiger partial charge in [0.05, 0.1) is 6.61 Å². The first-order chi connectivity index (χ1) is 7.63. The van der Waals surface area contributed by atoms with Crippen LogP contribution in [0.5, 0.6) is 11.5 Å². The van der Waals surface area contributed by atoms with E-state index in [1.54, 1.807) is 31.2 Å². The fraction of sp³-hybridized carbons (Fsp3) is 0.308. The van der Waals surface area contributed by atoms with Gasteiger partial charge in [-0.3, -0.25) is 0 Å². The Balaban J connectivity index is 2.57. The molecule has 0 spiro atoms. The number of hydrogen-bond donors (Lipinski definition) is 0. The number of esters is 1. The zero-order valence-corrected chi connectivity index (χ0v) is 9.66. The molecule has 0 aliphatic rings. The molecular weight excluding hydrogens is 204 g/mol. The normalized spacial score (nSPS) is 9.62. The fourth-order valence-corrected chi connectivity index (χ4v) is 1.02. The predicted molar refractivity (Wildman–Crippen MR) is 62.7 cm³/mol. The Bertz CT molecular complexity index is 365. The summed E-state index contributed by atoms with van der Waals surface area (Å²) in [6.07, 6.45) is 0.965. The van der Waals surface area contributed by atoms with Crippen LogP contribution in [-0.2, 0) is 4.79 Å². The lowest BCUT2D eigenvalue weighted by atomic mass is 10.3. The van der Waals surface area contributed by atoms with Crippen LogP contribution in [-0.4, -0.2) is 12.6 Å². The highest BCUT2D eigenvalue weighted by molar-refractivity contribution is 5.88. The molecule has 0 amide bonds. The number of carbonyl (C=O) groups is 1. The average Bonchev–Trinajstić information content (AvgIpc) is 2.28. The Labute approximate surface area is 95.7 Å². The van der Waals surface area contributed by atoms with Crippen LogP contribution in [0, 0.1) is 0 Å². The Hall–Kier alpha value is -1.77. The summed E-state index contributed by atoms with van der Waals surface area (Å²) >= 11 is 0. The van der Waals surface area contributed by atoms with Crippen molar-refractivity contribution in [2.75, 3.05) is 6.61 Å². The van der Waals surface area contributed by atoms with Gasteiger partial charge in [-0.1, -0.05) is 13.5 Å². The Kier molecular flexibility index (Phi) is 4.58. The molecule has 86 valence electrons. The molecule has 0 aliphatic carbocycles. The molecule has 0 saturated heterocycles. The first-order valence-electron chi connectivity index (χ1n) is 5.24. The fourth-order valence-electron chi connectivity index (χ4n) is 1.02. The summed E-state index contributed by atoms with van der Waals surface area (Å²) in [7, 11) is 0. The van der Waals surface area contributed by atoms with E-state index in [0.717, 1.165) is 12.2 Å². The second kappa shape index (κ2) is 5.95. The maximum Gasteiger partial charge on any atom is 0.338 e. The van der Waals surface area contributed by atoms with Crippen molar-refractivity contribution >= 4 is 5.97 Å². The lowest BCUT2D eigenvalue weighted by Gasteiger charge is -2.06. The number of hydrogen-bond acceptors (Lipinski definition) is 3. The van der Waals surface area contributed by atoms with Crippen LogP contribution < -0.4 is 9.47 Å². The summed E-state index contributed by atoms with van der Waals surface area (Å²) in [6.45, 7) is 7.85. The molecule has 3 nitrogen and oxygen atoms in total. The number of benzene rings is 1. The van der Waals surface area contributed by atoms with Gasteiger partial charge in [0.15, 0.2) is 0 Å². The highest BCUT2D eigenvalue weighted by Gasteiger charge is 2.04. The third kappa shape index (κ3) is 3.77. The van der Waals surface area contributed by atoms with Crippen molar-refractivity contribution in [2.45, 2.75) is 20.3 Å². The van der Waals surface area contributed by atoms with Crippen molar-refractivity contribution in [3.63, 3.8) is 0 Å². The van der Waals surface area contributed by atoms with Crippen LogP contribution in [0.3, 0.4) is 0 Å². The molecule has 0 unspecified atom stereocenters. The monoisotopic (exact) mass is 220 g/mol. The van der Waals surface area contributed by atoms with E-state index in [0.29, 0.717) is 17.9 Å². The standard InChI is InChI=1S/C13H16O3/c1-4-9-15-11-5-7-12(8-6-11)16-13(14)10(2)3/h5-8H,2,4,9H2,1,3H3. The quantitative estimate of drug-likeness (QED) is 0.435. The van der Waals surface area contributed by atoms with Crippen LogP contribution in [0.2, 0.25) is 0 Å². The minimum Gasteiger partial charge on any atom is -0.494 e. The molecular formula is C13H16O3. The number of ether oxygens (including phenoxy) is 2. The molecule has 1 aromatic rings. The summed E-state index contributed by atoms with van der Waals surface area (Å²) < 4.78 is 10.4. The van der Waals surface area contributed by atoms with Crippen LogP contribution in [0.1, 0.15) is 20.3 Å². The number of rotatable bonds is 5. The van der Waals surface area contributed by atoms with Crippen LogP contribution >= 0.6 is 0 Å². The molecule has 0 aliphatic heterocycles. The highest BCUT2D eigenvalue weighted by Crippen LogP contribution is 2.18. The van der Waals surface area contributed by atoms with Gasteiger partial charge in [0.2, 0.25) is 0 Å². The molecule has 1 rings (SSSR count). The minimum absolute atomic E-state index is 0.381.